The van der Waals surface area contributed by atoms with E-state index < -0.39 is 0 Å². The summed E-state index contributed by atoms with van der Waals surface area (Å²) >= 11 is 0. The van der Waals surface area contributed by atoms with Gasteiger partial charge in [-0.15, -0.1) is 0 Å². The summed E-state index contributed by atoms with van der Waals surface area (Å²) in [5.74, 6) is 2.15. The predicted molar refractivity (Wildman–Crippen MR) is 108 cm³/mol. The number of benzene rings is 2. The molecule has 0 bridgehead atoms. The minimum Gasteiger partial charge on any atom is -0.494 e. The van der Waals surface area contributed by atoms with Crippen molar-refractivity contribution < 1.29 is 19.0 Å². The Morgan fingerprint density at radius 3 is 2.32 bits per heavy atom. The summed E-state index contributed by atoms with van der Waals surface area (Å²) in [4.78, 5) is 17.1. The quantitative estimate of drug-likeness (QED) is 0.734. The minimum atomic E-state index is 0.0234. The van der Waals surface area contributed by atoms with Gasteiger partial charge >= 0.3 is 0 Å². The fourth-order valence-corrected chi connectivity index (χ4v) is 3.43. The summed E-state index contributed by atoms with van der Waals surface area (Å²) in [5, 5.41) is 0. The Morgan fingerprint density at radius 2 is 1.64 bits per heavy atom. The minimum absolute atomic E-state index is 0.0234. The summed E-state index contributed by atoms with van der Waals surface area (Å²) in [5.41, 5.74) is 1.80. The van der Waals surface area contributed by atoms with Crippen molar-refractivity contribution in [1.29, 1.82) is 0 Å². The average Bonchev–Trinajstić information content (AvgIpc) is 2.75. The van der Waals surface area contributed by atoms with Crippen molar-refractivity contribution >= 4 is 5.91 Å². The number of para-hydroxylation sites is 1. The van der Waals surface area contributed by atoms with Crippen LogP contribution in [-0.4, -0.2) is 62.7 Å². The van der Waals surface area contributed by atoms with Crippen LogP contribution in [0.3, 0.4) is 0 Å². The second kappa shape index (κ2) is 9.46. The van der Waals surface area contributed by atoms with Crippen LogP contribution in [0.25, 0.3) is 0 Å². The highest BCUT2D eigenvalue weighted by Gasteiger charge is 2.23. The largest absolute Gasteiger partial charge is 0.494 e. The zero-order valence-electron chi connectivity index (χ0n) is 16.8. The molecule has 1 aliphatic rings. The Kier molecular flexibility index (Phi) is 6.76. The fraction of sp³-hybridized carbons (Fsp3) is 0.409. The predicted octanol–water partition coefficient (Wildman–Crippen LogP) is 3.06. The van der Waals surface area contributed by atoms with Crippen LogP contribution in [0.2, 0.25) is 0 Å². The first kappa shape index (κ1) is 20.0. The lowest BCUT2D eigenvalue weighted by atomic mass is 10.1. The van der Waals surface area contributed by atoms with E-state index in [1.165, 1.54) is 5.56 Å². The lowest BCUT2D eigenvalue weighted by molar-refractivity contribution is 0.0626. The summed E-state index contributed by atoms with van der Waals surface area (Å²) in [6, 6.07) is 13.4. The van der Waals surface area contributed by atoms with Gasteiger partial charge in [0.2, 0.25) is 0 Å². The van der Waals surface area contributed by atoms with Gasteiger partial charge < -0.3 is 19.1 Å². The van der Waals surface area contributed by atoms with Crippen molar-refractivity contribution in [3.8, 4) is 17.2 Å². The number of carbonyl (C=O) groups is 1. The number of methoxy groups -OCH3 is 2. The van der Waals surface area contributed by atoms with Crippen LogP contribution in [-0.2, 0) is 6.54 Å². The fourth-order valence-electron chi connectivity index (χ4n) is 3.43. The normalized spacial score (nSPS) is 14.6. The first-order valence-corrected chi connectivity index (χ1v) is 9.60. The van der Waals surface area contributed by atoms with Crippen LogP contribution < -0.4 is 14.2 Å². The van der Waals surface area contributed by atoms with Gasteiger partial charge in [-0.2, -0.15) is 0 Å². The molecule has 28 heavy (non-hydrogen) atoms. The maximum Gasteiger partial charge on any atom is 0.254 e. The topological polar surface area (TPSA) is 51.2 Å². The molecule has 1 amide bonds. The van der Waals surface area contributed by atoms with Crippen LogP contribution in [0.1, 0.15) is 22.8 Å². The lowest BCUT2D eigenvalue weighted by Gasteiger charge is -2.35. The molecule has 0 atom stereocenters. The van der Waals surface area contributed by atoms with E-state index >= 15 is 0 Å². The highest BCUT2D eigenvalue weighted by molar-refractivity contribution is 5.95. The molecule has 0 N–H and O–H groups in total. The third kappa shape index (κ3) is 4.57. The number of amides is 1. The number of piperazine rings is 1. The molecule has 1 heterocycles. The van der Waals surface area contributed by atoms with E-state index in [1.54, 1.807) is 32.4 Å². The lowest BCUT2D eigenvalue weighted by Crippen LogP contribution is -2.48. The number of nitrogens with zero attached hydrogens (tertiary/aromatic N) is 2. The van der Waals surface area contributed by atoms with E-state index in [-0.39, 0.29) is 5.91 Å². The Labute approximate surface area is 166 Å². The highest BCUT2D eigenvalue weighted by Crippen LogP contribution is 2.28. The van der Waals surface area contributed by atoms with Crippen molar-refractivity contribution in [3.05, 3.63) is 53.6 Å². The zero-order chi connectivity index (χ0) is 19.9. The maximum absolute atomic E-state index is 12.9. The van der Waals surface area contributed by atoms with Crippen molar-refractivity contribution in [1.82, 2.24) is 9.80 Å². The Hall–Kier alpha value is -2.73. The van der Waals surface area contributed by atoms with E-state index in [9.17, 15) is 4.79 Å². The second-order valence-corrected chi connectivity index (χ2v) is 6.68. The Balaban J connectivity index is 1.60. The van der Waals surface area contributed by atoms with Crippen molar-refractivity contribution in [3.63, 3.8) is 0 Å². The number of carbonyl (C=O) groups excluding carboxylic acids is 1. The molecule has 3 rings (SSSR count). The molecule has 0 aromatic heterocycles. The molecule has 2 aromatic carbocycles. The molecule has 0 spiro atoms. The molecular formula is C22H28N2O4. The van der Waals surface area contributed by atoms with Crippen LogP contribution >= 0.6 is 0 Å². The van der Waals surface area contributed by atoms with Gasteiger partial charge in [-0.05, 0) is 31.2 Å². The molecule has 150 valence electrons. The van der Waals surface area contributed by atoms with Gasteiger partial charge in [0, 0.05) is 43.9 Å². The van der Waals surface area contributed by atoms with Gasteiger partial charge in [-0.1, -0.05) is 18.2 Å². The molecule has 0 saturated carbocycles. The summed E-state index contributed by atoms with van der Waals surface area (Å²) < 4.78 is 16.3. The van der Waals surface area contributed by atoms with Crippen LogP contribution in [0, 0.1) is 0 Å². The Bertz CT molecular complexity index is 801. The third-order valence-electron chi connectivity index (χ3n) is 4.96. The van der Waals surface area contributed by atoms with Gasteiger partial charge in [-0.25, -0.2) is 0 Å². The van der Waals surface area contributed by atoms with E-state index in [2.05, 4.69) is 11.0 Å². The van der Waals surface area contributed by atoms with E-state index in [0.29, 0.717) is 36.8 Å². The molecule has 1 saturated heterocycles. The standard InChI is InChI=1S/C22H28N2O4/c1-4-28-19-8-6-5-7-18(19)16-23-11-13-24(14-12-23)22(25)17-9-10-20(26-2)21(15-17)27-3/h5-10,15H,4,11-14,16H2,1-3H3. The molecule has 6 heteroatoms. The molecule has 2 aromatic rings. The molecule has 1 aliphatic heterocycles. The zero-order valence-corrected chi connectivity index (χ0v) is 16.8. The molecule has 0 aliphatic carbocycles. The maximum atomic E-state index is 12.9. The number of hydrogen-bond donors (Lipinski definition) is 0. The molecule has 6 nitrogen and oxygen atoms in total. The van der Waals surface area contributed by atoms with Crippen LogP contribution in [0.15, 0.2) is 42.5 Å². The van der Waals surface area contributed by atoms with Crippen molar-refractivity contribution in [2.75, 3.05) is 47.0 Å². The first-order valence-electron chi connectivity index (χ1n) is 9.60. The average molecular weight is 384 g/mol. The van der Waals surface area contributed by atoms with Gasteiger partial charge in [0.15, 0.2) is 11.5 Å². The summed E-state index contributed by atoms with van der Waals surface area (Å²) in [6.07, 6.45) is 0. The van der Waals surface area contributed by atoms with Crippen molar-refractivity contribution in [2.24, 2.45) is 0 Å². The second-order valence-electron chi connectivity index (χ2n) is 6.68. The van der Waals surface area contributed by atoms with Crippen LogP contribution in [0.4, 0.5) is 0 Å². The van der Waals surface area contributed by atoms with Gasteiger partial charge in [0.05, 0.1) is 20.8 Å². The summed E-state index contributed by atoms with van der Waals surface area (Å²) in [6.45, 7) is 6.54. The van der Waals surface area contributed by atoms with Gasteiger partial charge in [0.1, 0.15) is 5.75 Å². The molecular weight excluding hydrogens is 356 g/mol. The monoisotopic (exact) mass is 384 g/mol. The molecule has 1 fully saturated rings. The highest BCUT2D eigenvalue weighted by atomic mass is 16.5. The summed E-state index contributed by atoms with van der Waals surface area (Å²) in [7, 11) is 3.16. The number of ether oxygens (including phenoxy) is 3. The molecule has 0 unspecified atom stereocenters. The third-order valence-corrected chi connectivity index (χ3v) is 4.96. The van der Waals surface area contributed by atoms with Gasteiger partial charge in [-0.3, -0.25) is 9.69 Å². The number of rotatable bonds is 7. The van der Waals surface area contributed by atoms with E-state index in [4.69, 9.17) is 14.2 Å². The number of hydrogen-bond acceptors (Lipinski definition) is 5. The van der Waals surface area contributed by atoms with Gasteiger partial charge in [0.25, 0.3) is 5.91 Å². The van der Waals surface area contributed by atoms with E-state index in [1.807, 2.05) is 30.0 Å². The van der Waals surface area contributed by atoms with Crippen molar-refractivity contribution in [2.45, 2.75) is 13.5 Å². The smallest absolute Gasteiger partial charge is 0.254 e. The Morgan fingerprint density at radius 1 is 0.929 bits per heavy atom. The first-order chi connectivity index (χ1) is 13.7. The molecule has 0 radical (unpaired) electrons. The SMILES string of the molecule is CCOc1ccccc1CN1CCN(C(=O)c2ccc(OC)c(OC)c2)CC1. The van der Waals surface area contributed by atoms with Crippen LogP contribution in [0.5, 0.6) is 17.2 Å². The van der Waals surface area contributed by atoms with E-state index in [0.717, 1.165) is 25.4 Å².